The Morgan fingerprint density at radius 2 is 1.82 bits per heavy atom. The molecule has 0 spiro atoms. The number of anilines is 1. The number of halogens is 1. The van der Waals surface area contributed by atoms with Crippen LogP contribution < -0.4 is 4.90 Å². The van der Waals surface area contributed by atoms with Gasteiger partial charge in [-0.15, -0.1) is 0 Å². The zero-order valence-electron chi connectivity index (χ0n) is 16.9. The van der Waals surface area contributed by atoms with Gasteiger partial charge in [-0.1, -0.05) is 43.6 Å². The second-order valence-corrected chi connectivity index (χ2v) is 7.76. The van der Waals surface area contributed by atoms with Crippen LogP contribution in [0.5, 0.6) is 0 Å². The number of aryl methyl sites for hydroxylation is 1. The molecule has 1 atom stereocenters. The van der Waals surface area contributed by atoms with Gasteiger partial charge in [0.1, 0.15) is 17.7 Å². The van der Waals surface area contributed by atoms with Gasteiger partial charge >= 0.3 is 5.97 Å². The van der Waals surface area contributed by atoms with Gasteiger partial charge < -0.3 is 9.64 Å². The van der Waals surface area contributed by atoms with Crippen molar-refractivity contribution in [2.24, 2.45) is 0 Å². The molecule has 1 aromatic carbocycles. The molecule has 2 heterocycles. The van der Waals surface area contributed by atoms with Crippen molar-refractivity contribution in [3.63, 3.8) is 0 Å². The first-order valence-corrected chi connectivity index (χ1v) is 9.95. The predicted octanol–water partition coefficient (Wildman–Crippen LogP) is 3.60. The molecule has 0 amide bonds. The number of rotatable bonds is 5. The second kappa shape index (κ2) is 8.88. The molecule has 1 fully saturated rings. The van der Waals surface area contributed by atoms with Crippen LogP contribution in [-0.4, -0.2) is 54.1 Å². The maximum absolute atomic E-state index is 12.5. The molecule has 2 aromatic rings. The minimum atomic E-state index is -0.501. The van der Waals surface area contributed by atoms with E-state index in [4.69, 9.17) is 21.3 Å². The van der Waals surface area contributed by atoms with Crippen LogP contribution in [0.15, 0.2) is 30.3 Å². The lowest BCUT2D eigenvalue weighted by Gasteiger charge is -2.39. The third-order valence-electron chi connectivity index (χ3n) is 5.00. The molecule has 0 radical (unpaired) electrons. The Morgan fingerprint density at radius 1 is 1.14 bits per heavy atom. The molecule has 0 saturated carbocycles. The summed E-state index contributed by atoms with van der Waals surface area (Å²) in [6.45, 7) is 9.16. The molecule has 0 N–H and O–H groups in total. The van der Waals surface area contributed by atoms with Crippen molar-refractivity contribution >= 4 is 23.4 Å². The topological polar surface area (TPSA) is 58.6 Å². The Kier molecular flexibility index (Phi) is 6.52. The molecular weight excluding hydrogens is 376 g/mol. The summed E-state index contributed by atoms with van der Waals surface area (Å²) in [6.07, 6.45) is 0. The Morgan fingerprint density at radius 3 is 2.43 bits per heavy atom. The molecule has 1 saturated heterocycles. The smallest absolute Gasteiger partial charge is 0.327 e. The molecule has 0 unspecified atom stereocenters. The van der Waals surface area contributed by atoms with E-state index in [0.717, 1.165) is 36.0 Å². The number of aromatic nitrogens is 2. The van der Waals surface area contributed by atoms with Crippen LogP contribution in [-0.2, 0) is 9.53 Å². The quantitative estimate of drug-likeness (QED) is 0.712. The molecule has 1 aliphatic rings. The van der Waals surface area contributed by atoms with E-state index in [2.05, 4.69) is 28.6 Å². The number of carbonyl (C=O) groups is 1. The van der Waals surface area contributed by atoms with E-state index in [1.807, 2.05) is 31.2 Å². The van der Waals surface area contributed by atoms with Crippen LogP contribution >= 0.6 is 11.6 Å². The number of carbonyl (C=O) groups excluding carboxylic acids is 1. The summed E-state index contributed by atoms with van der Waals surface area (Å²) < 4.78 is 5.07. The first-order valence-electron chi connectivity index (χ1n) is 9.57. The Hall–Kier alpha value is -2.18. The fourth-order valence-corrected chi connectivity index (χ4v) is 3.72. The van der Waals surface area contributed by atoms with Crippen LogP contribution in [0.2, 0.25) is 5.02 Å². The minimum absolute atomic E-state index is 0.281. The predicted molar refractivity (Wildman–Crippen MR) is 111 cm³/mol. The normalized spacial score (nSPS) is 16.3. The number of nitrogens with zero attached hydrogens (tertiary/aromatic N) is 4. The highest BCUT2D eigenvalue weighted by molar-refractivity contribution is 6.31. The van der Waals surface area contributed by atoms with E-state index in [1.54, 1.807) is 6.07 Å². The Balaban J connectivity index is 1.78. The number of hydrogen-bond donors (Lipinski definition) is 0. The molecule has 1 aromatic heterocycles. The summed E-state index contributed by atoms with van der Waals surface area (Å²) in [4.78, 5) is 26.2. The molecular formula is C21H27ClN4O2. The molecule has 0 aliphatic carbocycles. The monoisotopic (exact) mass is 402 g/mol. The number of esters is 1. The second-order valence-electron chi connectivity index (χ2n) is 7.35. The number of ether oxygens (including phenoxy) is 1. The largest absolute Gasteiger partial charge is 0.468 e. The Bertz CT molecular complexity index is 835. The van der Waals surface area contributed by atoms with Gasteiger partial charge in [0.15, 0.2) is 0 Å². The van der Waals surface area contributed by atoms with Crippen LogP contribution in [0.3, 0.4) is 0 Å². The number of piperazine rings is 1. The molecule has 7 heteroatoms. The van der Waals surface area contributed by atoms with Crippen LogP contribution in [0.4, 0.5) is 5.82 Å². The van der Waals surface area contributed by atoms with E-state index < -0.39 is 6.04 Å². The van der Waals surface area contributed by atoms with E-state index in [9.17, 15) is 4.79 Å². The number of benzene rings is 1. The summed E-state index contributed by atoms with van der Waals surface area (Å²) in [6, 6.07) is 8.97. The van der Waals surface area contributed by atoms with Gasteiger partial charge in [-0.05, 0) is 18.6 Å². The molecule has 3 rings (SSSR count). The van der Waals surface area contributed by atoms with Crippen molar-refractivity contribution in [1.82, 2.24) is 14.9 Å². The average molecular weight is 403 g/mol. The lowest BCUT2D eigenvalue weighted by atomic mass is 10.0. The lowest BCUT2D eigenvalue weighted by molar-refractivity contribution is -0.147. The third-order valence-corrected chi connectivity index (χ3v) is 5.35. The minimum Gasteiger partial charge on any atom is -0.468 e. The Labute approximate surface area is 171 Å². The first-order chi connectivity index (χ1) is 13.4. The van der Waals surface area contributed by atoms with Crippen molar-refractivity contribution in [2.75, 3.05) is 38.2 Å². The van der Waals surface area contributed by atoms with Crippen molar-refractivity contribution in [2.45, 2.75) is 32.7 Å². The molecule has 28 heavy (non-hydrogen) atoms. The molecule has 150 valence electrons. The van der Waals surface area contributed by atoms with Gasteiger partial charge in [0.05, 0.1) is 7.11 Å². The fraction of sp³-hybridized carbons (Fsp3) is 0.476. The standard InChI is InChI=1S/C21H27ClN4O2/c1-14(2)20-23-15(3)13-18(24-20)25-9-11-26(12-10-25)19(21(27)28-4)16-7-5-6-8-17(16)22/h5-8,13-14,19H,9-12H2,1-4H3/t19-/m0/s1. The van der Waals surface area contributed by atoms with Crippen LogP contribution in [0.1, 0.15) is 42.9 Å². The van der Waals surface area contributed by atoms with Crippen molar-refractivity contribution in [3.05, 3.63) is 52.4 Å². The zero-order valence-corrected chi connectivity index (χ0v) is 17.6. The molecule has 6 nitrogen and oxygen atoms in total. The van der Waals surface area contributed by atoms with Gasteiger partial charge in [0, 0.05) is 48.9 Å². The van der Waals surface area contributed by atoms with E-state index in [0.29, 0.717) is 18.1 Å². The van der Waals surface area contributed by atoms with Crippen molar-refractivity contribution < 1.29 is 9.53 Å². The zero-order chi connectivity index (χ0) is 20.3. The van der Waals surface area contributed by atoms with Crippen molar-refractivity contribution in [1.29, 1.82) is 0 Å². The first kappa shape index (κ1) is 20.6. The molecule has 0 bridgehead atoms. The summed E-state index contributed by atoms with van der Waals surface area (Å²) in [5.41, 5.74) is 1.75. The summed E-state index contributed by atoms with van der Waals surface area (Å²) in [7, 11) is 1.42. The summed E-state index contributed by atoms with van der Waals surface area (Å²) in [5.74, 6) is 1.80. The third kappa shape index (κ3) is 4.45. The summed E-state index contributed by atoms with van der Waals surface area (Å²) in [5, 5.41) is 0.577. The van der Waals surface area contributed by atoms with Gasteiger partial charge in [-0.25, -0.2) is 14.8 Å². The van der Waals surface area contributed by atoms with Crippen LogP contribution in [0.25, 0.3) is 0 Å². The van der Waals surface area contributed by atoms with Gasteiger partial charge in [-0.2, -0.15) is 0 Å². The van der Waals surface area contributed by atoms with Gasteiger partial charge in [-0.3, -0.25) is 4.90 Å². The maximum Gasteiger partial charge on any atom is 0.327 e. The lowest BCUT2D eigenvalue weighted by Crippen LogP contribution is -2.49. The van der Waals surface area contributed by atoms with Crippen LogP contribution in [0, 0.1) is 6.92 Å². The highest BCUT2D eigenvalue weighted by Gasteiger charge is 2.33. The highest BCUT2D eigenvalue weighted by Crippen LogP contribution is 2.30. The van der Waals surface area contributed by atoms with Gasteiger partial charge in [0.25, 0.3) is 0 Å². The maximum atomic E-state index is 12.5. The number of methoxy groups -OCH3 is 1. The summed E-state index contributed by atoms with van der Waals surface area (Å²) >= 11 is 6.37. The van der Waals surface area contributed by atoms with Gasteiger partial charge in [0.2, 0.25) is 0 Å². The SMILES string of the molecule is COC(=O)[C@H](c1ccccc1Cl)N1CCN(c2cc(C)nc(C(C)C)n2)CC1. The van der Waals surface area contributed by atoms with E-state index >= 15 is 0 Å². The fourth-order valence-electron chi connectivity index (χ4n) is 3.49. The average Bonchev–Trinajstić information content (AvgIpc) is 2.69. The molecule has 1 aliphatic heterocycles. The van der Waals surface area contributed by atoms with E-state index in [1.165, 1.54) is 7.11 Å². The van der Waals surface area contributed by atoms with Crippen molar-refractivity contribution in [3.8, 4) is 0 Å². The highest BCUT2D eigenvalue weighted by atomic mass is 35.5. The number of hydrogen-bond acceptors (Lipinski definition) is 6. The van der Waals surface area contributed by atoms with E-state index in [-0.39, 0.29) is 11.9 Å².